The standard InChI is InChI=1S/C7H13BFO3PS2/c1-10-3-4-6(12-13(2,14)15)5(9)7(8)11-4/h4-7H,3H2,1-2H3,(H,14,15)/t4-,5?,6?,7-/m1/s1. The Balaban J connectivity index is 2.68. The Kier molecular flexibility index (Phi) is 5.09. The lowest BCUT2D eigenvalue weighted by molar-refractivity contribution is -0.00770. The largest absolute Gasteiger partial charge is 0.382 e. The molecule has 5 atom stereocenters. The van der Waals surface area contributed by atoms with Gasteiger partial charge < -0.3 is 14.0 Å². The fraction of sp³-hybridized carbons (Fsp3) is 1.00. The smallest absolute Gasteiger partial charge is 0.147 e. The minimum Gasteiger partial charge on any atom is -0.382 e. The molecule has 0 saturated carbocycles. The number of hydrogen-bond acceptors (Lipinski definition) is 4. The van der Waals surface area contributed by atoms with Crippen LogP contribution in [-0.4, -0.2) is 52.6 Å². The van der Waals surface area contributed by atoms with Crippen LogP contribution >= 0.6 is 17.7 Å². The van der Waals surface area contributed by atoms with Gasteiger partial charge in [0.2, 0.25) is 0 Å². The summed E-state index contributed by atoms with van der Waals surface area (Å²) in [7, 11) is 6.93. The molecule has 8 heteroatoms. The van der Waals surface area contributed by atoms with Crippen LogP contribution in [-0.2, 0) is 25.8 Å². The molecule has 0 aromatic carbocycles. The molecule has 0 spiro atoms. The number of ether oxygens (including phenoxy) is 2. The van der Waals surface area contributed by atoms with Crippen LogP contribution in [0.3, 0.4) is 0 Å². The van der Waals surface area contributed by atoms with Crippen molar-refractivity contribution in [1.82, 2.24) is 0 Å². The fourth-order valence-corrected chi connectivity index (χ4v) is 2.73. The molecule has 86 valence electrons. The number of alkyl halides is 1. The van der Waals surface area contributed by atoms with Crippen LogP contribution in [0.4, 0.5) is 4.39 Å². The molecule has 0 bridgehead atoms. The van der Waals surface area contributed by atoms with Crippen molar-refractivity contribution in [3.05, 3.63) is 0 Å². The first-order valence-electron chi connectivity index (χ1n) is 4.38. The predicted molar refractivity (Wildman–Crippen MR) is 65.3 cm³/mol. The van der Waals surface area contributed by atoms with E-state index in [2.05, 4.69) is 12.2 Å². The highest BCUT2D eigenvalue weighted by atomic mass is 32.9. The minimum atomic E-state index is -2.24. The Morgan fingerprint density at radius 3 is 2.73 bits per heavy atom. The molecule has 0 aromatic heterocycles. The number of methoxy groups -OCH3 is 1. The molecular weight excluding hydrogens is 257 g/mol. The van der Waals surface area contributed by atoms with Gasteiger partial charge in [-0.15, -0.1) is 12.2 Å². The number of rotatable bonds is 4. The van der Waals surface area contributed by atoms with E-state index in [4.69, 9.17) is 33.7 Å². The van der Waals surface area contributed by atoms with Crippen molar-refractivity contribution in [2.75, 3.05) is 20.4 Å². The molecule has 0 N–H and O–H groups in total. The van der Waals surface area contributed by atoms with E-state index in [1.54, 1.807) is 6.66 Å². The number of hydrogen-bond donors (Lipinski definition) is 1. The summed E-state index contributed by atoms with van der Waals surface area (Å²) < 4.78 is 29.0. The average molecular weight is 270 g/mol. The summed E-state index contributed by atoms with van der Waals surface area (Å²) in [5.74, 6) is 0. The molecule has 15 heavy (non-hydrogen) atoms. The average Bonchev–Trinajstić information content (AvgIpc) is 2.32. The van der Waals surface area contributed by atoms with E-state index in [1.807, 2.05) is 0 Å². The first-order valence-corrected chi connectivity index (χ1v) is 8.70. The monoisotopic (exact) mass is 270 g/mol. The van der Waals surface area contributed by atoms with Gasteiger partial charge >= 0.3 is 0 Å². The zero-order chi connectivity index (χ0) is 11.6. The van der Waals surface area contributed by atoms with Crippen molar-refractivity contribution >= 4 is 37.4 Å². The van der Waals surface area contributed by atoms with Gasteiger partial charge in [0.25, 0.3) is 0 Å². The maximum Gasteiger partial charge on any atom is 0.147 e. The van der Waals surface area contributed by atoms with Gasteiger partial charge in [-0.2, -0.15) is 0 Å². The van der Waals surface area contributed by atoms with E-state index in [0.29, 0.717) is 0 Å². The minimum absolute atomic E-state index is 0.224. The Morgan fingerprint density at radius 1 is 1.67 bits per heavy atom. The van der Waals surface area contributed by atoms with Crippen molar-refractivity contribution in [2.45, 2.75) is 24.4 Å². The second kappa shape index (κ2) is 5.47. The molecular formula is C7H13BFO3PS2. The molecule has 1 rings (SSSR count). The maximum atomic E-state index is 13.6. The molecule has 3 nitrogen and oxygen atoms in total. The second-order valence-electron chi connectivity index (χ2n) is 3.41. The third-order valence-corrected chi connectivity index (χ3v) is 3.15. The van der Waals surface area contributed by atoms with E-state index in [0.717, 1.165) is 0 Å². The first kappa shape index (κ1) is 13.9. The fourth-order valence-electron chi connectivity index (χ4n) is 1.40. The van der Waals surface area contributed by atoms with Gasteiger partial charge in [-0.3, -0.25) is 0 Å². The van der Waals surface area contributed by atoms with Crippen molar-refractivity contribution in [3.8, 4) is 0 Å². The van der Waals surface area contributed by atoms with Gasteiger partial charge in [0.05, 0.1) is 12.6 Å². The summed E-state index contributed by atoms with van der Waals surface area (Å²) in [6, 6.07) is -0.981. The van der Waals surface area contributed by atoms with E-state index in [-0.39, 0.29) is 6.61 Å². The van der Waals surface area contributed by atoms with Gasteiger partial charge in [-0.25, -0.2) is 4.39 Å². The van der Waals surface area contributed by atoms with Gasteiger partial charge in [0, 0.05) is 7.11 Å². The summed E-state index contributed by atoms with van der Waals surface area (Å²) in [6.07, 6.45) is -2.69. The predicted octanol–water partition coefficient (Wildman–Crippen LogP) is 1.12. The Labute approximate surface area is 101 Å². The second-order valence-corrected chi connectivity index (χ2v) is 10.4. The number of halogens is 1. The van der Waals surface area contributed by atoms with Crippen molar-refractivity contribution < 1.29 is 18.4 Å². The van der Waals surface area contributed by atoms with Crippen LogP contribution in [0.25, 0.3) is 0 Å². The lowest BCUT2D eigenvalue weighted by Crippen LogP contribution is -2.33. The van der Waals surface area contributed by atoms with Gasteiger partial charge in [0.15, 0.2) is 0 Å². The van der Waals surface area contributed by atoms with Crippen molar-refractivity contribution in [3.63, 3.8) is 0 Å². The normalized spacial score (nSPS) is 40.3. The summed E-state index contributed by atoms with van der Waals surface area (Å²) in [6.45, 7) is 1.88. The maximum absolute atomic E-state index is 13.6. The van der Waals surface area contributed by atoms with E-state index in [1.165, 1.54) is 7.11 Å². The van der Waals surface area contributed by atoms with E-state index >= 15 is 0 Å². The van der Waals surface area contributed by atoms with E-state index in [9.17, 15) is 4.39 Å². The quantitative estimate of drug-likeness (QED) is 0.470. The van der Waals surface area contributed by atoms with Crippen LogP contribution in [0.1, 0.15) is 0 Å². The summed E-state index contributed by atoms with van der Waals surface area (Å²) in [5, 5.41) is 0. The molecule has 1 aliphatic rings. The zero-order valence-electron chi connectivity index (χ0n) is 8.50. The highest BCUT2D eigenvalue weighted by molar-refractivity contribution is 8.61. The molecule has 0 aliphatic carbocycles. The lowest BCUT2D eigenvalue weighted by Gasteiger charge is -2.23. The third-order valence-electron chi connectivity index (χ3n) is 1.97. The van der Waals surface area contributed by atoms with E-state index < -0.39 is 29.8 Å². The summed E-state index contributed by atoms with van der Waals surface area (Å²) >= 11 is 9.11. The highest BCUT2D eigenvalue weighted by Crippen LogP contribution is 2.51. The number of thiol groups is 1. The molecule has 0 amide bonds. The molecule has 2 radical (unpaired) electrons. The van der Waals surface area contributed by atoms with Crippen LogP contribution in [0.5, 0.6) is 0 Å². The van der Waals surface area contributed by atoms with Crippen molar-refractivity contribution in [1.29, 1.82) is 0 Å². The third kappa shape index (κ3) is 3.98. The van der Waals surface area contributed by atoms with Gasteiger partial charge in [-0.1, -0.05) is 11.8 Å². The topological polar surface area (TPSA) is 27.7 Å². The molecule has 1 saturated heterocycles. The Bertz CT molecular complexity index is 265. The summed E-state index contributed by atoms with van der Waals surface area (Å²) in [4.78, 5) is 0. The van der Waals surface area contributed by atoms with Crippen LogP contribution < -0.4 is 0 Å². The molecule has 0 aromatic rings. The molecule has 1 aliphatic heterocycles. The highest BCUT2D eigenvalue weighted by Gasteiger charge is 2.44. The van der Waals surface area contributed by atoms with Gasteiger partial charge in [-0.05, 0) is 6.66 Å². The molecule has 1 fully saturated rings. The Morgan fingerprint density at radius 2 is 2.27 bits per heavy atom. The van der Waals surface area contributed by atoms with Crippen LogP contribution in [0.2, 0.25) is 0 Å². The zero-order valence-corrected chi connectivity index (χ0v) is 11.1. The summed E-state index contributed by atoms with van der Waals surface area (Å²) in [5.41, 5.74) is -2.24. The van der Waals surface area contributed by atoms with Crippen molar-refractivity contribution in [2.24, 2.45) is 0 Å². The lowest BCUT2D eigenvalue weighted by atomic mass is 9.94. The van der Waals surface area contributed by atoms with Gasteiger partial charge in [0.1, 0.15) is 31.7 Å². The first-order chi connectivity index (χ1) is 6.85. The SMILES string of the molecule is [B][C@@H]1O[C@H](COC)C(OP(C)(=S)S)C1F. The molecule has 1 heterocycles. The van der Waals surface area contributed by atoms with Crippen LogP contribution in [0, 0.1) is 0 Å². The molecule has 3 unspecified atom stereocenters. The Hall–Kier alpha value is 0.875. The van der Waals surface area contributed by atoms with Crippen LogP contribution in [0.15, 0.2) is 0 Å².